The molecule has 0 atom stereocenters. The van der Waals surface area contributed by atoms with Gasteiger partial charge in [-0.15, -0.1) is 11.8 Å². The Kier molecular flexibility index (Phi) is 3.83. The van der Waals surface area contributed by atoms with Gasteiger partial charge in [0.05, 0.1) is 7.11 Å². The van der Waals surface area contributed by atoms with Crippen molar-refractivity contribution in [2.75, 3.05) is 12.9 Å². The van der Waals surface area contributed by atoms with Crippen molar-refractivity contribution in [2.45, 2.75) is 11.8 Å². The van der Waals surface area contributed by atoms with Crippen LogP contribution in [0.2, 0.25) is 0 Å². The summed E-state index contributed by atoms with van der Waals surface area (Å²) < 4.78 is 5.11. The van der Waals surface area contributed by atoms with Crippen molar-refractivity contribution in [2.24, 2.45) is 5.73 Å². The van der Waals surface area contributed by atoms with Crippen molar-refractivity contribution >= 4 is 17.6 Å². The zero-order valence-electron chi connectivity index (χ0n) is 8.33. The predicted molar refractivity (Wildman–Crippen MR) is 60.4 cm³/mol. The first-order valence-electron chi connectivity index (χ1n) is 4.34. The molecule has 0 aliphatic heterocycles. The fourth-order valence-corrected chi connectivity index (χ4v) is 1.97. The molecule has 1 aromatic carbocycles. The van der Waals surface area contributed by atoms with E-state index in [0.29, 0.717) is 0 Å². The molecule has 3 N–H and O–H groups in total. The van der Waals surface area contributed by atoms with E-state index in [4.69, 9.17) is 15.9 Å². The molecule has 0 saturated carbocycles. The van der Waals surface area contributed by atoms with Crippen LogP contribution in [0.4, 0.5) is 0 Å². The van der Waals surface area contributed by atoms with Crippen LogP contribution in [0.15, 0.2) is 23.1 Å². The van der Waals surface area contributed by atoms with Gasteiger partial charge in [0, 0.05) is 10.5 Å². The van der Waals surface area contributed by atoms with Gasteiger partial charge in [-0.1, -0.05) is 6.92 Å². The summed E-state index contributed by atoms with van der Waals surface area (Å²) in [5, 5.41) is 7.41. The maximum absolute atomic E-state index is 7.41. The summed E-state index contributed by atoms with van der Waals surface area (Å²) in [6, 6.07) is 5.54. The van der Waals surface area contributed by atoms with E-state index in [1.54, 1.807) is 18.9 Å². The molecule has 1 aromatic rings. The number of hydrogen-bond acceptors (Lipinski definition) is 3. The average Bonchev–Trinajstić information content (AvgIpc) is 2.17. The number of ether oxygens (including phenoxy) is 1. The Balaban J connectivity index is 3.10. The molecule has 0 amide bonds. The van der Waals surface area contributed by atoms with E-state index >= 15 is 0 Å². The van der Waals surface area contributed by atoms with Gasteiger partial charge in [-0.25, -0.2) is 0 Å². The van der Waals surface area contributed by atoms with Gasteiger partial charge >= 0.3 is 0 Å². The van der Waals surface area contributed by atoms with Crippen molar-refractivity contribution in [1.82, 2.24) is 0 Å². The Bertz CT molecular complexity index is 339. The summed E-state index contributed by atoms with van der Waals surface area (Å²) in [5.41, 5.74) is 6.24. The third-order valence-electron chi connectivity index (χ3n) is 1.78. The number of nitrogens with one attached hydrogen (secondary N) is 1. The third kappa shape index (κ3) is 2.42. The summed E-state index contributed by atoms with van der Waals surface area (Å²) in [7, 11) is 1.63. The second kappa shape index (κ2) is 4.91. The lowest BCUT2D eigenvalue weighted by Gasteiger charge is -2.08. The zero-order valence-corrected chi connectivity index (χ0v) is 9.15. The van der Waals surface area contributed by atoms with E-state index in [-0.39, 0.29) is 5.84 Å². The highest BCUT2D eigenvalue weighted by atomic mass is 32.2. The van der Waals surface area contributed by atoms with Gasteiger partial charge in [-0.3, -0.25) is 5.41 Å². The van der Waals surface area contributed by atoms with E-state index < -0.39 is 0 Å². The number of nitrogens with two attached hydrogens (primary N) is 1. The molecule has 1 rings (SSSR count). The summed E-state index contributed by atoms with van der Waals surface area (Å²) in [4.78, 5) is 0.999. The van der Waals surface area contributed by atoms with Gasteiger partial charge in [0.25, 0.3) is 0 Å². The van der Waals surface area contributed by atoms with Crippen LogP contribution in [0.25, 0.3) is 0 Å². The third-order valence-corrected chi connectivity index (χ3v) is 2.72. The minimum Gasteiger partial charge on any atom is -0.497 e. The largest absolute Gasteiger partial charge is 0.497 e. The SMILES string of the molecule is CCSc1cc(OC)ccc1C(=N)N. The number of nitrogen functional groups attached to an aromatic ring is 1. The van der Waals surface area contributed by atoms with Crippen molar-refractivity contribution in [3.63, 3.8) is 0 Å². The van der Waals surface area contributed by atoms with E-state index in [0.717, 1.165) is 22.0 Å². The summed E-state index contributed by atoms with van der Waals surface area (Å²) in [6.45, 7) is 2.06. The van der Waals surface area contributed by atoms with Crippen LogP contribution in [-0.4, -0.2) is 18.7 Å². The smallest absolute Gasteiger partial charge is 0.123 e. The van der Waals surface area contributed by atoms with E-state index in [9.17, 15) is 0 Å². The first kappa shape index (κ1) is 10.9. The number of methoxy groups -OCH3 is 1. The second-order valence-corrected chi connectivity index (χ2v) is 4.01. The first-order valence-corrected chi connectivity index (χ1v) is 5.32. The van der Waals surface area contributed by atoms with Gasteiger partial charge < -0.3 is 10.5 Å². The molecule has 0 fully saturated rings. The maximum atomic E-state index is 7.41. The molecule has 14 heavy (non-hydrogen) atoms. The van der Waals surface area contributed by atoms with E-state index in [1.165, 1.54) is 0 Å². The van der Waals surface area contributed by atoms with Crippen LogP contribution in [0.3, 0.4) is 0 Å². The topological polar surface area (TPSA) is 59.1 Å². The summed E-state index contributed by atoms with van der Waals surface area (Å²) >= 11 is 1.66. The molecular formula is C10H14N2OS. The minimum absolute atomic E-state index is 0.101. The Hall–Kier alpha value is -1.16. The van der Waals surface area contributed by atoms with Crippen molar-refractivity contribution in [3.8, 4) is 5.75 Å². The molecule has 0 radical (unpaired) electrons. The summed E-state index contributed by atoms with van der Waals surface area (Å²) in [5.74, 6) is 1.85. The lowest BCUT2D eigenvalue weighted by molar-refractivity contribution is 0.413. The molecule has 0 aliphatic rings. The van der Waals surface area contributed by atoms with Crippen molar-refractivity contribution in [1.29, 1.82) is 5.41 Å². The molecule has 3 nitrogen and oxygen atoms in total. The van der Waals surface area contributed by atoms with Crippen LogP contribution in [0, 0.1) is 5.41 Å². The Morgan fingerprint density at radius 1 is 1.57 bits per heavy atom. The van der Waals surface area contributed by atoms with Crippen LogP contribution in [-0.2, 0) is 0 Å². The second-order valence-electron chi connectivity index (χ2n) is 2.71. The Morgan fingerprint density at radius 3 is 2.79 bits per heavy atom. The molecule has 0 unspecified atom stereocenters. The zero-order chi connectivity index (χ0) is 10.6. The molecule has 0 aliphatic carbocycles. The molecule has 0 heterocycles. The minimum atomic E-state index is 0.101. The highest BCUT2D eigenvalue weighted by molar-refractivity contribution is 7.99. The molecular weight excluding hydrogens is 196 g/mol. The number of hydrogen-bond donors (Lipinski definition) is 2. The van der Waals surface area contributed by atoms with E-state index in [1.807, 2.05) is 18.2 Å². The fourth-order valence-electron chi connectivity index (χ4n) is 1.13. The lowest BCUT2D eigenvalue weighted by Crippen LogP contribution is -2.12. The fraction of sp³-hybridized carbons (Fsp3) is 0.300. The molecule has 0 bridgehead atoms. The van der Waals surface area contributed by atoms with Gasteiger partial charge in [-0.2, -0.15) is 0 Å². The Morgan fingerprint density at radius 2 is 2.29 bits per heavy atom. The quantitative estimate of drug-likeness (QED) is 0.454. The number of rotatable bonds is 4. The van der Waals surface area contributed by atoms with Crippen LogP contribution in [0.1, 0.15) is 12.5 Å². The predicted octanol–water partition coefficient (Wildman–Crippen LogP) is 2.09. The highest BCUT2D eigenvalue weighted by Crippen LogP contribution is 2.26. The lowest BCUT2D eigenvalue weighted by atomic mass is 10.2. The van der Waals surface area contributed by atoms with Crippen LogP contribution < -0.4 is 10.5 Å². The standard InChI is InChI=1S/C10H14N2OS/c1-3-14-9-6-7(13-2)4-5-8(9)10(11)12/h4-6H,3H2,1-2H3,(H3,11,12). The van der Waals surface area contributed by atoms with Gasteiger partial charge in [0.2, 0.25) is 0 Å². The molecule has 0 aromatic heterocycles. The number of thioether (sulfide) groups is 1. The van der Waals surface area contributed by atoms with Crippen LogP contribution in [0.5, 0.6) is 5.75 Å². The summed E-state index contributed by atoms with van der Waals surface area (Å²) in [6.07, 6.45) is 0. The normalized spacial score (nSPS) is 9.86. The molecule has 76 valence electrons. The van der Waals surface area contributed by atoms with E-state index in [2.05, 4.69) is 6.92 Å². The molecule has 0 spiro atoms. The number of amidine groups is 1. The van der Waals surface area contributed by atoms with Crippen molar-refractivity contribution < 1.29 is 4.74 Å². The maximum Gasteiger partial charge on any atom is 0.123 e. The first-order chi connectivity index (χ1) is 6.69. The molecule has 0 saturated heterocycles. The van der Waals surface area contributed by atoms with Crippen molar-refractivity contribution in [3.05, 3.63) is 23.8 Å². The average molecular weight is 210 g/mol. The van der Waals surface area contributed by atoms with Gasteiger partial charge in [0.15, 0.2) is 0 Å². The van der Waals surface area contributed by atoms with Gasteiger partial charge in [0.1, 0.15) is 11.6 Å². The highest BCUT2D eigenvalue weighted by Gasteiger charge is 2.06. The Labute approximate surface area is 88.2 Å². The monoisotopic (exact) mass is 210 g/mol. The number of benzene rings is 1. The van der Waals surface area contributed by atoms with Crippen LogP contribution >= 0.6 is 11.8 Å². The van der Waals surface area contributed by atoms with Gasteiger partial charge in [-0.05, 0) is 24.0 Å². The molecule has 4 heteroatoms.